The van der Waals surface area contributed by atoms with E-state index in [1.165, 1.54) is 18.2 Å². The normalized spacial score (nSPS) is 14.8. The van der Waals surface area contributed by atoms with Crippen LogP contribution in [0.5, 0.6) is 0 Å². The summed E-state index contributed by atoms with van der Waals surface area (Å²) >= 11 is 0. The van der Waals surface area contributed by atoms with Crippen LogP contribution in [0.2, 0.25) is 0 Å². The van der Waals surface area contributed by atoms with E-state index >= 15 is 0 Å². The quantitative estimate of drug-likeness (QED) is 0.762. The van der Waals surface area contributed by atoms with Crippen molar-refractivity contribution in [3.63, 3.8) is 0 Å². The molecule has 0 saturated heterocycles. The molecule has 80 valence electrons. The Kier molecular flexibility index (Phi) is 2.60. The first kappa shape index (κ1) is 9.98. The van der Waals surface area contributed by atoms with Crippen molar-refractivity contribution in [2.45, 2.75) is 13.1 Å². The van der Waals surface area contributed by atoms with E-state index in [0.717, 1.165) is 18.8 Å². The van der Waals surface area contributed by atoms with Gasteiger partial charge < -0.3 is 4.74 Å². The maximum absolute atomic E-state index is 11.1. The van der Waals surface area contributed by atoms with Crippen molar-refractivity contribution < 1.29 is 9.53 Å². The second-order valence-corrected chi connectivity index (χ2v) is 3.73. The minimum absolute atomic E-state index is 0.419. The van der Waals surface area contributed by atoms with Gasteiger partial charge in [-0.15, -0.1) is 0 Å². The molecule has 1 heterocycles. The van der Waals surface area contributed by atoms with Crippen LogP contribution in [0.15, 0.2) is 18.2 Å². The molecule has 1 N–H and O–H groups in total. The Labute approximate surface area is 88.8 Å². The first-order valence-electron chi connectivity index (χ1n) is 4.85. The van der Waals surface area contributed by atoms with Crippen molar-refractivity contribution in [1.29, 1.82) is 0 Å². The van der Waals surface area contributed by atoms with E-state index in [4.69, 9.17) is 0 Å². The third-order valence-electron chi connectivity index (χ3n) is 2.56. The summed E-state index contributed by atoms with van der Waals surface area (Å²) in [6, 6.07) is 5.93. The summed E-state index contributed by atoms with van der Waals surface area (Å²) in [7, 11) is 3.42. The van der Waals surface area contributed by atoms with E-state index in [0.29, 0.717) is 0 Å². The molecule has 4 nitrogen and oxygen atoms in total. The lowest BCUT2D eigenvalue weighted by atomic mass is 10.1. The van der Waals surface area contributed by atoms with Gasteiger partial charge in [-0.05, 0) is 24.2 Å². The molecule has 1 amide bonds. The van der Waals surface area contributed by atoms with Crippen LogP contribution in [0.1, 0.15) is 11.1 Å². The van der Waals surface area contributed by atoms with Gasteiger partial charge in [0.2, 0.25) is 0 Å². The largest absolute Gasteiger partial charge is 0.453 e. The smallest absolute Gasteiger partial charge is 0.411 e. The number of hydrogen-bond acceptors (Lipinski definition) is 3. The molecule has 1 aliphatic heterocycles. The molecule has 0 aromatic heterocycles. The number of methoxy groups -OCH3 is 1. The highest BCUT2D eigenvalue weighted by Gasteiger charge is 2.19. The van der Waals surface area contributed by atoms with Crippen LogP contribution in [0, 0.1) is 0 Å². The summed E-state index contributed by atoms with van der Waals surface area (Å²) in [5.41, 5.74) is 3.31. The van der Waals surface area contributed by atoms with Gasteiger partial charge in [0.05, 0.1) is 7.11 Å². The van der Waals surface area contributed by atoms with Gasteiger partial charge in [-0.2, -0.15) is 0 Å². The van der Waals surface area contributed by atoms with Crippen molar-refractivity contribution >= 4 is 11.8 Å². The summed E-state index contributed by atoms with van der Waals surface area (Å²) in [6.45, 7) is 1.81. The maximum atomic E-state index is 11.1. The van der Waals surface area contributed by atoms with E-state index in [-0.39, 0.29) is 0 Å². The van der Waals surface area contributed by atoms with E-state index < -0.39 is 6.09 Å². The number of ether oxygens (including phenoxy) is 1. The lowest BCUT2D eigenvalue weighted by Gasteiger charge is -2.08. The second-order valence-electron chi connectivity index (χ2n) is 3.73. The van der Waals surface area contributed by atoms with Crippen molar-refractivity contribution in [2.75, 3.05) is 19.5 Å². The average molecular weight is 206 g/mol. The summed E-state index contributed by atoms with van der Waals surface area (Å²) in [4.78, 5) is 13.3. The molecule has 0 aliphatic carbocycles. The number of hydrogen-bond donors (Lipinski definition) is 1. The molecular weight excluding hydrogens is 192 g/mol. The fraction of sp³-hybridized carbons (Fsp3) is 0.364. The average Bonchev–Trinajstić information content (AvgIpc) is 2.59. The number of rotatable bonds is 1. The number of amides is 1. The fourth-order valence-corrected chi connectivity index (χ4v) is 1.86. The van der Waals surface area contributed by atoms with Gasteiger partial charge in [-0.25, -0.2) is 4.79 Å². The van der Waals surface area contributed by atoms with Crippen LogP contribution in [0.4, 0.5) is 10.5 Å². The van der Waals surface area contributed by atoms with Gasteiger partial charge in [-0.1, -0.05) is 12.1 Å². The molecule has 0 unspecified atom stereocenters. The Hall–Kier alpha value is -1.55. The highest BCUT2D eigenvalue weighted by Crippen LogP contribution is 2.28. The minimum atomic E-state index is -0.419. The maximum Gasteiger partial charge on any atom is 0.411 e. The highest BCUT2D eigenvalue weighted by atomic mass is 16.5. The number of anilines is 1. The van der Waals surface area contributed by atoms with Crippen molar-refractivity contribution in [1.82, 2.24) is 4.90 Å². The third-order valence-corrected chi connectivity index (χ3v) is 2.56. The molecular formula is C11H14N2O2. The molecule has 1 aromatic rings. The molecule has 1 aliphatic rings. The van der Waals surface area contributed by atoms with Crippen LogP contribution in [0.25, 0.3) is 0 Å². The van der Waals surface area contributed by atoms with Gasteiger partial charge in [0.1, 0.15) is 0 Å². The number of fused-ring (bicyclic) bond motifs is 1. The van der Waals surface area contributed by atoms with E-state index in [1.54, 1.807) is 0 Å². The van der Waals surface area contributed by atoms with Gasteiger partial charge >= 0.3 is 6.09 Å². The number of carbonyl (C=O) groups excluding carboxylic acids is 1. The Balaban J connectivity index is 2.26. The Morgan fingerprint density at radius 2 is 2.27 bits per heavy atom. The molecule has 0 bridgehead atoms. The molecule has 15 heavy (non-hydrogen) atoms. The Morgan fingerprint density at radius 1 is 1.47 bits per heavy atom. The van der Waals surface area contributed by atoms with E-state index in [9.17, 15) is 4.79 Å². The standard InChI is InChI=1S/C11H14N2O2/c1-13-6-8-4-3-5-10(9(8)7-13)12-11(14)15-2/h3-5H,6-7H2,1-2H3,(H,12,14). The summed E-state index contributed by atoms with van der Waals surface area (Å²) < 4.78 is 4.58. The zero-order valence-electron chi connectivity index (χ0n) is 8.91. The molecule has 0 radical (unpaired) electrons. The highest BCUT2D eigenvalue weighted by molar-refractivity contribution is 5.86. The number of nitrogens with zero attached hydrogens (tertiary/aromatic N) is 1. The molecule has 0 atom stereocenters. The molecule has 1 aromatic carbocycles. The number of benzene rings is 1. The number of nitrogens with one attached hydrogen (secondary N) is 1. The van der Waals surface area contributed by atoms with Crippen LogP contribution in [-0.2, 0) is 17.8 Å². The van der Waals surface area contributed by atoms with Crippen molar-refractivity contribution in [3.05, 3.63) is 29.3 Å². The first-order valence-corrected chi connectivity index (χ1v) is 4.85. The summed E-state index contributed by atoms with van der Waals surface area (Å²) in [5, 5.41) is 2.72. The lowest BCUT2D eigenvalue weighted by Crippen LogP contribution is -2.13. The van der Waals surface area contributed by atoms with Gasteiger partial charge in [0, 0.05) is 18.8 Å². The Morgan fingerprint density at radius 3 is 3.00 bits per heavy atom. The zero-order chi connectivity index (χ0) is 10.8. The molecule has 4 heteroatoms. The van der Waals surface area contributed by atoms with Gasteiger partial charge in [0.15, 0.2) is 0 Å². The van der Waals surface area contributed by atoms with Crippen LogP contribution in [0.3, 0.4) is 0 Å². The van der Waals surface area contributed by atoms with E-state index in [2.05, 4.69) is 28.1 Å². The van der Waals surface area contributed by atoms with Crippen molar-refractivity contribution in [3.8, 4) is 0 Å². The van der Waals surface area contributed by atoms with Crippen LogP contribution in [-0.4, -0.2) is 25.2 Å². The molecule has 0 fully saturated rings. The molecule has 0 saturated carbocycles. The fourth-order valence-electron chi connectivity index (χ4n) is 1.86. The molecule has 0 spiro atoms. The summed E-state index contributed by atoms with van der Waals surface area (Å²) in [5.74, 6) is 0. The van der Waals surface area contributed by atoms with Crippen LogP contribution >= 0.6 is 0 Å². The third kappa shape index (κ3) is 1.94. The second kappa shape index (κ2) is 3.90. The van der Waals surface area contributed by atoms with Crippen molar-refractivity contribution in [2.24, 2.45) is 0 Å². The lowest BCUT2D eigenvalue weighted by molar-refractivity contribution is 0.187. The Bertz CT molecular complexity index is 390. The number of carbonyl (C=O) groups is 1. The topological polar surface area (TPSA) is 41.6 Å². The van der Waals surface area contributed by atoms with Crippen LogP contribution < -0.4 is 5.32 Å². The predicted octanol–water partition coefficient (Wildman–Crippen LogP) is 1.81. The predicted molar refractivity (Wildman–Crippen MR) is 57.6 cm³/mol. The summed E-state index contributed by atoms with van der Waals surface area (Å²) in [6.07, 6.45) is -0.419. The first-order chi connectivity index (χ1) is 7.20. The van der Waals surface area contributed by atoms with Gasteiger partial charge in [0.25, 0.3) is 0 Å². The van der Waals surface area contributed by atoms with E-state index in [1.807, 2.05) is 12.1 Å². The molecule has 2 rings (SSSR count). The van der Waals surface area contributed by atoms with Gasteiger partial charge in [-0.3, -0.25) is 10.2 Å². The minimum Gasteiger partial charge on any atom is -0.453 e. The zero-order valence-corrected chi connectivity index (χ0v) is 8.91. The monoisotopic (exact) mass is 206 g/mol. The SMILES string of the molecule is COC(=O)Nc1cccc2c1CN(C)C2.